The lowest BCUT2D eigenvalue weighted by atomic mass is 9.71. The second-order valence-corrected chi connectivity index (χ2v) is 8.28. The van der Waals surface area contributed by atoms with Crippen molar-refractivity contribution in [1.82, 2.24) is 0 Å². The summed E-state index contributed by atoms with van der Waals surface area (Å²) >= 11 is 0. The molecule has 140 valence electrons. The van der Waals surface area contributed by atoms with Crippen LogP contribution in [0.1, 0.15) is 88.0 Å². The highest BCUT2D eigenvalue weighted by atomic mass is 16.3. The number of hydrogen-bond donors (Lipinski definition) is 2. The molecule has 0 amide bonds. The first-order chi connectivity index (χ1) is 11.8. The number of rotatable bonds is 6. The average Bonchev–Trinajstić information content (AvgIpc) is 2.56. The quantitative estimate of drug-likeness (QED) is 0.454. The summed E-state index contributed by atoms with van der Waals surface area (Å²) in [5, 5.41) is 22.0. The fourth-order valence-electron chi connectivity index (χ4n) is 4.46. The third kappa shape index (κ3) is 4.04. The molecular weight excluding hydrogens is 308 g/mol. The number of allylic oxidation sites excluding steroid dienone is 2. The number of phenolic OH excluding ortho intramolecular Hbond substituents is 2. The fourth-order valence-corrected chi connectivity index (χ4v) is 4.46. The molecule has 1 aliphatic carbocycles. The maximum Gasteiger partial charge on any atom is 0.126 e. The van der Waals surface area contributed by atoms with Crippen molar-refractivity contribution in [3.63, 3.8) is 0 Å². The minimum absolute atomic E-state index is 0.107. The van der Waals surface area contributed by atoms with Crippen molar-refractivity contribution >= 4 is 0 Å². The van der Waals surface area contributed by atoms with Gasteiger partial charge in [0.05, 0.1) is 0 Å². The molecular formula is C23H36O2. The molecule has 2 N–H and O–H groups in total. The molecule has 0 saturated heterocycles. The molecule has 2 nitrogen and oxygen atoms in total. The Hall–Kier alpha value is -1.44. The molecule has 0 fully saturated rings. The van der Waals surface area contributed by atoms with Crippen LogP contribution in [0.4, 0.5) is 0 Å². The molecule has 1 aliphatic rings. The second-order valence-electron chi connectivity index (χ2n) is 8.28. The van der Waals surface area contributed by atoms with Crippen LogP contribution >= 0.6 is 0 Å². The van der Waals surface area contributed by atoms with Crippen molar-refractivity contribution in [1.29, 1.82) is 0 Å². The summed E-state index contributed by atoms with van der Waals surface area (Å²) in [4.78, 5) is 0. The van der Waals surface area contributed by atoms with Gasteiger partial charge in [-0.3, -0.25) is 0 Å². The van der Waals surface area contributed by atoms with Crippen molar-refractivity contribution in [3.05, 3.63) is 33.9 Å². The van der Waals surface area contributed by atoms with Crippen LogP contribution in [0, 0.1) is 25.7 Å². The van der Waals surface area contributed by atoms with Crippen molar-refractivity contribution in [2.45, 2.75) is 86.0 Å². The lowest BCUT2D eigenvalue weighted by Gasteiger charge is -2.34. The zero-order valence-corrected chi connectivity index (χ0v) is 16.9. The SMILES string of the molecule is CCCCCc1c(C)c(O)c([C@@H]2C=C(C)CC[C@H]2C(C)C)c(O)c1C. The van der Waals surface area contributed by atoms with E-state index in [-0.39, 0.29) is 5.92 Å². The van der Waals surface area contributed by atoms with E-state index in [4.69, 9.17) is 0 Å². The van der Waals surface area contributed by atoms with Crippen LogP contribution in [0.15, 0.2) is 11.6 Å². The van der Waals surface area contributed by atoms with Gasteiger partial charge in [-0.25, -0.2) is 0 Å². The van der Waals surface area contributed by atoms with Gasteiger partial charge in [-0.1, -0.05) is 45.3 Å². The normalized spacial score (nSPS) is 20.8. The minimum Gasteiger partial charge on any atom is -0.507 e. The second kappa shape index (κ2) is 8.29. The molecule has 0 bridgehead atoms. The molecule has 25 heavy (non-hydrogen) atoms. The Morgan fingerprint density at radius 2 is 1.64 bits per heavy atom. The average molecular weight is 345 g/mol. The Balaban J connectivity index is 2.52. The van der Waals surface area contributed by atoms with E-state index in [9.17, 15) is 10.2 Å². The van der Waals surface area contributed by atoms with Crippen LogP contribution in [-0.4, -0.2) is 10.2 Å². The van der Waals surface area contributed by atoms with Crippen LogP contribution in [-0.2, 0) is 6.42 Å². The van der Waals surface area contributed by atoms with E-state index in [1.54, 1.807) is 0 Å². The van der Waals surface area contributed by atoms with Gasteiger partial charge in [0.1, 0.15) is 11.5 Å². The standard InChI is InChI=1S/C23H36O2/c1-7-8-9-10-19-16(5)22(24)21(23(25)17(19)6)20-13-15(4)11-12-18(20)14(2)3/h13-14,18,20,24-25H,7-12H2,1-6H3/t18-,20+/m0/s1. The zero-order valence-electron chi connectivity index (χ0n) is 16.9. The van der Waals surface area contributed by atoms with Gasteiger partial charge in [0, 0.05) is 11.5 Å². The fraction of sp³-hybridized carbons (Fsp3) is 0.652. The summed E-state index contributed by atoms with van der Waals surface area (Å²) in [5.74, 6) is 1.73. The molecule has 0 radical (unpaired) electrons. The molecule has 0 aromatic heterocycles. The van der Waals surface area contributed by atoms with E-state index >= 15 is 0 Å². The zero-order chi connectivity index (χ0) is 18.7. The van der Waals surface area contributed by atoms with E-state index in [0.29, 0.717) is 23.3 Å². The van der Waals surface area contributed by atoms with Gasteiger partial charge in [0.25, 0.3) is 0 Å². The first-order valence-corrected chi connectivity index (χ1v) is 10.0. The van der Waals surface area contributed by atoms with Crippen LogP contribution < -0.4 is 0 Å². The summed E-state index contributed by atoms with van der Waals surface area (Å²) in [6.07, 6.45) is 8.92. The summed E-state index contributed by atoms with van der Waals surface area (Å²) in [6.45, 7) is 12.9. The molecule has 2 rings (SSSR count). The molecule has 2 heteroatoms. The Morgan fingerprint density at radius 1 is 1.04 bits per heavy atom. The van der Waals surface area contributed by atoms with Gasteiger partial charge < -0.3 is 10.2 Å². The van der Waals surface area contributed by atoms with E-state index in [1.807, 2.05) is 13.8 Å². The molecule has 1 aromatic carbocycles. The predicted molar refractivity (Wildman–Crippen MR) is 107 cm³/mol. The minimum atomic E-state index is 0.107. The highest BCUT2D eigenvalue weighted by Crippen LogP contribution is 2.49. The first-order valence-electron chi connectivity index (χ1n) is 10.0. The number of phenols is 2. The van der Waals surface area contributed by atoms with Gasteiger partial charge >= 0.3 is 0 Å². The van der Waals surface area contributed by atoms with Crippen molar-refractivity contribution in [3.8, 4) is 11.5 Å². The predicted octanol–water partition coefficient (Wildman–Crippen LogP) is 6.54. The Morgan fingerprint density at radius 3 is 2.16 bits per heavy atom. The third-order valence-corrected chi connectivity index (χ3v) is 6.14. The first kappa shape index (κ1) is 19.9. The van der Waals surface area contributed by atoms with Crippen LogP contribution in [0.3, 0.4) is 0 Å². The Labute approximate surface area is 154 Å². The molecule has 0 aliphatic heterocycles. The van der Waals surface area contributed by atoms with Gasteiger partial charge in [-0.2, -0.15) is 0 Å². The van der Waals surface area contributed by atoms with Crippen LogP contribution in [0.2, 0.25) is 0 Å². The van der Waals surface area contributed by atoms with E-state index in [1.165, 1.54) is 18.4 Å². The molecule has 0 saturated carbocycles. The Kier molecular flexibility index (Phi) is 6.59. The lowest BCUT2D eigenvalue weighted by Crippen LogP contribution is -2.21. The molecule has 0 heterocycles. The van der Waals surface area contributed by atoms with Crippen LogP contribution in [0.25, 0.3) is 0 Å². The smallest absolute Gasteiger partial charge is 0.126 e. The summed E-state index contributed by atoms with van der Waals surface area (Å²) in [7, 11) is 0. The number of benzene rings is 1. The third-order valence-electron chi connectivity index (χ3n) is 6.14. The topological polar surface area (TPSA) is 40.5 Å². The maximum atomic E-state index is 11.0. The van der Waals surface area contributed by atoms with Crippen molar-refractivity contribution in [2.75, 3.05) is 0 Å². The molecule has 0 unspecified atom stereocenters. The van der Waals surface area contributed by atoms with Gasteiger partial charge in [0.2, 0.25) is 0 Å². The van der Waals surface area contributed by atoms with E-state index in [2.05, 4.69) is 33.8 Å². The summed E-state index contributed by atoms with van der Waals surface area (Å²) < 4.78 is 0. The number of unbranched alkanes of at least 4 members (excludes halogenated alkanes) is 2. The summed E-state index contributed by atoms with van der Waals surface area (Å²) in [5.41, 5.74) is 5.17. The molecule has 0 spiro atoms. The monoisotopic (exact) mass is 344 g/mol. The lowest BCUT2D eigenvalue weighted by molar-refractivity contribution is 0.303. The highest BCUT2D eigenvalue weighted by Gasteiger charge is 2.33. The van der Waals surface area contributed by atoms with Crippen LogP contribution in [0.5, 0.6) is 11.5 Å². The summed E-state index contributed by atoms with van der Waals surface area (Å²) in [6, 6.07) is 0. The number of hydrogen-bond acceptors (Lipinski definition) is 2. The Bertz CT molecular complexity index is 611. The highest BCUT2D eigenvalue weighted by molar-refractivity contribution is 5.60. The van der Waals surface area contributed by atoms with E-state index in [0.717, 1.165) is 47.9 Å². The molecule has 1 aromatic rings. The largest absolute Gasteiger partial charge is 0.507 e. The number of aromatic hydroxyl groups is 2. The van der Waals surface area contributed by atoms with Crippen molar-refractivity contribution in [2.24, 2.45) is 11.8 Å². The van der Waals surface area contributed by atoms with Gasteiger partial charge in [0.15, 0.2) is 0 Å². The van der Waals surface area contributed by atoms with E-state index < -0.39 is 0 Å². The van der Waals surface area contributed by atoms with Gasteiger partial charge in [-0.15, -0.1) is 0 Å². The van der Waals surface area contributed by atoms with Crippen molar-refractivity contribution < 1.29 is 10.2 Å². The van der Waals surface area contributed by atoms with Gasteiger partial charge in [-0.05, 0) is 75.0 Å². The molecule has 2 atom stereocenters. The maximum absolute atomic E-state index is 11.0.